The maximum Gasteiger partial charge on any atom is 0.231 e. The number of amides is 1. The lowest BCUT2D eigenvalue weighted by Crippen LogP contribution is -2.47. The first-order valence-electron chi connectivity index (χ1n) is 9.69. The fourth-order valence-electron chi connectivity index (χ4n) is 4.11. The second-order valence-electron chi connectivity index (χ2n) is 7.64. The van der Waals surface area contributed by atoms with Crippen molar-refractivity contribution in [3.63, 3.8) is 0 Å². The summed E-state index contributed by atoms with van der Waals surface area (Å²) < 4.78 is 6.57. The summed E-state index contributed by atoms with van der Waals surface area (Å²) in [7, 11) is 0. The highest BCUT2D eigenvalue weighted by Crippen LogP contribution is 2.36. The van der Waals surface area contributed by atoms with Gasteiger partial charge in [0, 0.05) is 40.8 Å². The first kappa shape index (κ1) is 19.2. The molecule has 1 amide bonds. The van der Waals surface area contributed by atoms with E-state index in [-0.39, 0.29) is 5.91 Å². The monoisotopic (exact) mass is 440 g/mol. The van der Waals surface area contributed by atoms with Gasteiger partial charge in [-0.15, -0.1) is 0 Å². The number of halogens is 1. The third-order valence-corrected chi connectivity index (χ3v) is 6.53. The lowest BCUT2D eigenvalue weighted by Gasteiger charge is -2.36. The number of aryl methyl sites for hydroxylation is 2. The van der Waals surface area contributed by atoms with E-state index in [4.69, 9.17) is 4.74 Å². The number of carbonyl (C=O) groups is 1. The molecule has 2 heterocycles. The van der Waals surface area contributed by atoms with Crippen molar-refractivity contribution in [2.45, 2.75) is 38.6 Å². The van der Waals surface area contributed by atoms with Crippen LogP contribution in [0.5, 0.6) is 0 Å². The van der Waals surface area contributed by atoms with Gasteiger partial charge >= 0.3 is 0 Å². The molecule has 146 valence electrons. The molecule has 2 aromatic carbocycles. The Balaban J connectivity index is 1.56. The number of aromatic amines is 1. The maximum atomic E-state index is 13.3. The van der Waals surface area contributed by atoms with Gasteiger partial charge in [-0.05, 0) is 67.6 Å². The number of fused-ring (bicyclic) bond motifs is 1. The SMILES string of the molecule is Cc1[nH]c2ccc(CNC(=O)C3(c4ccc(Br)cc4)CCOCC3)cc2c1C. The first-order valence-corrected chi connectivity index (χ1v) is 10.5. The van der Waals surface area contributed by atoms with Crippen molar-refractivity contribution in [1.82, 2.24) is 10.3 Å². The number of carbonyl (C=O) groups excluding carboxylic acids is 1. The van der Waals surface area contributed by atoms with E-state index in [1.807, 2.05) is 24.3 Å². The zero-order chi connectivity index (χ0) is 19.7. The van der Waals surface area contributed by atoms with Gasteiger partial charge in [-0.2, -0.15) is 0 Å². The van der Waals surface area contributed by atoms with E-state index in [1.54, 1.807) is 0 Å². The third-order valence-electron chi connectivity index (χ3n) is 6.00. The normalized spacial score (nSPS) is 16.2. The van der Waals surface area contributed by atoms with Crippen molar-refractivity contribution < 1.29 is 9.53 Å². The standard InChI is InChI=1S/C23H25BrN2O2/c1-15-16(2)26-21-8-3-17(13-20(15)21)14-25-22(27)23(9-11-28-12-10-23)18-4-6-19(24)7-5-18/h3-8,13,26H,9-12,14H2,1-2H3,(H,25,27). The molecule has 0 spiro atoms. The van der Waals surface area contributed by atoms with Crippen molar-refractivity contribution in [2.75, 3.05) is 13.2 Å². The van der Waals surface area contributed by atoms with Gasteiger partial charge in [0.25, 0.3) is 0 Å². The van der Waals surface area contributed by atoms with Crippen LogP contribution in [-0.4, -0.2) is 24.1 Å². The fraction of sp³-hybridized carbons (Fsp3) is 0.348. The number of ether oxygens (including phenoxy) is 1. The fourth-order valence-corrected chi connectivity index (χ4v) is 4.37. The Morgan fingerprint density at radius 1 is 1.14 bits per heavy atom. The summed E-state index contributed by atoms with van der Waals surface area (Å²) >= 11 is 3.48. The quantitative estimate of drug-likeness (QED) is 0.605. The number of rotatable bonds is 4. The van der Waals surface area contributed by atoms with Crippen LogP contribution in [0, 0.1) is 13.8 Å². The smallest absolute Gasteiger partial charge is 0.231 e. The van der Waals surface area contributed by atoms with Crippen molar-refractivity contribution in [2.24, 2.45) is 0 Å². The summed E-state index contributed by atoms with van der Waals surface area (Å²) in [6.07, 6.45) is 1.41. The van der Waals surface area contributed by atoms with Crippen molar-refractivity contribution in [3.05, 3.63) is 69.3 Å². The van der Waals surface area contributed by atoms with Crippen LogP contribution in [0.3, 0.4) is 0 Å². The molecule has 1 aromatic heterocycles. The van der Waals surface area contributed by atoms with Gasteiger partial charge in [0.2, 0.25) is 5.91 Å². The Labute approximate surface area is 173 Å². The second kappa shape index (κ2) is 7.72. The van der Waals surface area contributed by atoms with Gasteiger partial charge < -0.3 is 15.0 Å². The van der Waals surface area contributed by atoms with Crippen LogP contribution in [0.2, 0.25) is 0 Å². The summed E-state index contributed by atoms with van der Waals surface area (Å²) in [6, 6.07) is 14.4. The summed E-state index contributed by atoms with van der Waals surface area (Å²) in [4.78, 5) is 16.7. The van der Waals surface area contributed by atoms with E-state index in [9.17, 15) is 4.79 Å². The molecule has 0 aliphatic carbocycles. The van der Waals surface area contributed by atoms with Crippen LogP contribution in [0.4, 0.5) is 0 Å². The van der Waals surface area contributed by atoms with E-state index in [0.29, 0.717) is 32.6 Å². The van der Waals surface area contributed by atoms with E-state index in [1.165, 1.54) is 16.6 Å². The van der Waals surface area contributed by atoms with Crippen molar-refractivity contribution in [1.29, 1.82) is 0 Å². The molecule has 1 aliphatic rings. The largest absolute Gasteiger partial charge is 0.381 e. The minimum Gasteiger partial charge on any atom is -0.381 e. The van der Waals surface area contributed by atoms with Crippen LogP contribution in [-0.2, 0) is 21.5 Å². The zero-order valence-corrected chi connectivity index (χ0v) is 17.9. The molecule has 5 heteroatoms. The number of H-pyrrole nitrogens is 1. The molecule has 3 aromatic rings. The third kappa shape index (κ3) is 3.49. The van der Waals surface area contributed by atoms with Crippen LogP contribution in [0.15, 0.2) is 46.9 Å². The summed E-state index contributed by atoms with van der Waals surface area (Å²) in [5, 5.41) is 4.42. The number of nitrogens with one attached hydrogen (secondary N) is 2. The highest BCUT2D eigenvalue weighted by Gasteiger charge is 2.41. The number of benzene rings is 2. The molecule has 0 bridgehead atoms. The lowest BCUT2D eigenvalue weighted by atomic mass is 9.73. The predicted octanol–water partition coefficient (Wildman–Crippen LogP) is 4.91. The zero-order valence-electron chi connectivity index (χ0n) is 16.3. The minimum absolute atomic E-state index is 0.0835. The highest BCUT2D eigenvalue weighted by molar-refractivity contribution is 9.10. The van der Waals surface area contributed by atoms with Gasteiger partial charge in [-0.3, -0.25) is 4.79 Å². The number of aromatic nitrogens is 1. The Morgan fingerprint density at radius 3 is 2.57 bits per heavy atom. The van der Waals surface area contributed by atoms with Gasteiger partial charge in [0.1, 0.15) is 0 Å². The molecule has 2 N–H and O–H groups in total. The minimum atomic E-state index is -0.524. The van der Waals surface area contributed by atoms with Gasteiger partial charge in [-0.25, -0.2) is 0 Å². The summed E-state index contributed by atoms with van der Waals surface area (Å²) in [5.41, 5.74) is 5.24. The van der Waals surface area contributed by atoms with E-state index >= 15 is 0 Å². The Morgan fingerprint density at radius 2 is 1.86 bits per heavy atom. The molecule has 0 radical (unpaired) electrons. The Kier molecular flexibility index (Phi) is 5.30. The average molecular weight is 441 g/mol. The van der Waals surface area contributed by atoms with Gasteiger partial charge in [-0.1, -0.05) is 34.1 Å². The van der Waals surface area contributed by atoms with Gasteiger partial charge in [0.05, 0.1) is 5.41 Å². The van der Waals surface area contributed by atoms with E-state index < -0.39 is 5.41 Å². The number of hydrogen-bond donors (Lipinski definition) is 2. The average Bonchev–Trinajstić information content (AvgIpc) is 3.00. The van der Waals surface area contributed by atoms with Crippen molar-refractivity contribution in [3.8, 4) is 0 Å². The molecule has 1 fully saturated rings. The second-order valence-corrected chi connectivity index (χ2v) is 8.55. The summed E-state index contributed by atoms with van der Waals surface area (Å²) in [6.45, 7) is 5.96. The van der Waals surface area contributed by atoms with Crippen LogP contribution < -0.4 is 5.32 Å². The summed E-state index contributed by atoms with van der Waals surface area (Å²) in [5.74, 6) is 0.0835. The Bertz CT molecular complexity index is 1000. The predicted molar refractivity (Wildman–Crippen MR) is 115 cm³/mol. The molecule has 28 heavy (non-hydrogen) atoms. The number of hydrogen-bond acceptors (Lipinski definition) is 2. The topological polar surface area (TPSA) is 54.1 Å². The maximum absolute atomic E-state index is 13.3. The first-order chi connectivity index (χ1) is 13.5. The molecule has 0 saturated carbocycles. The van der Waals surface area contributed by atoms with Gasteiger partial charge in [0.15, 0.2) is 0 Å². The molecule has 4 rings (SSSR count). The molecule has 0 atom stereocenters. The Hall–Kier alpha value is -2.11. The van der Waals surface area contributed by atoms with Crippen molar-refractivity contribution >= 4 is 32.7 Å². The van der Waals surface area contributed by atoms with E-state index in [2.05, 4.69) is 58.3 Å². The molecular weight excluding hydrogens is 416 g/mol. The lowest BCUT2D eigenvalue weighted by molar-refractivity contribution is -0.130. The molecule has 0 unspecified atom stereocenters. The van der Waals surface area contributed by atoms with Crippen LogP contribution in [0.25, 0.3) is 10.9 Å². The van der Waals surface area contributed by atoms with E-state index in [0.717, 1.165) is 21.1 Å². The molecular formula is C23H25BrN2O2. The van der Waals surface area contributed by atoms with Crippen LogP contribution in [0.1, 0.15) is 35.2 Å². The van der Waals surface area contributed by atoms with Crippen LogP contribution >= 0.6 is 15.9 Å². The molecule has 4 nitrogen and oxygen atoms in total. The highest BCUT2D eigenvalue weighted by atomic mass is 79.9. The molecule has 1 aliphatic heterocycles. The molecule has 1 saturated heterocycles.